The van der Waals surface area contributed by atoms with Crippen molar-refractivity contribution < 1.29 is 47.2 Å². The number of benzene rings is 3. The zero-order chi connectivity index (χ0) is 41.0. The summed E-state index contributed by atoms with van der Waals surface area (Å²) in [5.41, 5.74) is -1.14. The highest BCUT2D eigenvalue weighted by molar-refractivity contribution is 8.13. The maximum absolute atomic E-state index is 16.4. The number of thioether (sulfide) groups is 1. The van der Waals surface area contributed by atoms with Crippen LogP contribution >= 0.6 is 20.0 Å². The summed E-state index contributed by atoms with van der Waals surface area (Å²) in [5, 5.41) is 26.4. The molecule has 13 nitrogen and oxygen atoms in total. The van der Waals surface area contributed by atoms with Crippen molar-refractivity contribution in [3.05, 3.63) is 114 Å². The lowest BCUT2D eigenvalue weighted by molar-refractivity contribution is -0.118. The molecule has 0 saturated carbocycles. The molecule has 3 N–H and O–H groups in total. The molecule has 5 aromatic rings. The number of hydrogen-bond donors (Lipinski definition) is 3. The molecule has 0 aliphatic carbocycles. The van der Waals surface area contributed by atoms with E-state index in [2.05, 4.69) is 15.3 Å². The lowest BCUT2D eigenvalue weighted by Crippen LogP contribution is -2.44. The number of fused-ring (bicyclic) bond motifs is 1. The number of hydrogen-bond acceptors (Lipinski definition) is 13. The number of aliphatic hydroxyl groups is 2. The number of rotatable bonds is 17. The Balaban J connectivity index is 1.30. The molecule has 1 aliphatic heterocycles. The number of carbonyl (C=O) groups excluding carboxylic acids is 1. The third-order valence-corrected chi connectivity index (χ3v) is 12.4. The van der Waals surface area contributed by atoms with Crippen LogP contribution in [0, 0.1) is 11.2 Å². The number of anilines is 1. The second kappa shape index (κ2) is 17.6. The summed E-state index contributed by atoms with van der Waals surface area (Å²) in [6, 6.07) is 24.7. The fourth-order valence-corrected chi connectivity index (χ4v) is 8.31. The van der Waals surface area contributed by atoms with E-state index in [9.17, 15) is 19.6 Å². The zero-order valence-electron chi connectivity index (χ0n) is 32.5. The third-order valence-electron chi connectivity index (χ3n) is 10.4. The van der Waals surface area contributed by atoms with Crippen LogP contribution in [0.15, 0.2) is 91.4 Å². The minimum atomic E-state index is -2.64. The Morgan fingerprint density at radius 1 is 0.982 bits per heavy atom. The van der Waals surface area contributed by atoms with Gasteiger partial charge in [-0.15, -0.1) is 9.05 Å². The number of nitrogens with zero attached hydrogens (tertiary/aromatic N) is 3. The minimum Gasteiger partial charge on any atom is -0.497 e. The lowest BCUT2D eigenvalue weighted by Gasteiger charge is -2.37. The molecule has 1 aliphatic rings. The van der Waals surface area contributed by atoms with Crippen LogP contribution in [-0.2, 0) is 28.7 Å². The molecule has 16 heteroatoms. The molecule has 0 radical (unpaired) electrons. The number of nitrogens with one attached hydrogen (secondary N) is 1. The van der Waals surface area contributed by atoms with Gasteiger partial charge in [-0.1, -0.05) is 87.1 Å². The standard InChI is InChI=1S/C41H47FN4O9PS/c1-7-39(2,3)38(48)57-22-21-53-56(50)54-24-32-34(47)40(4,49)37(55-32)46-23-31(42)33-35(43-25-44-36(33)46)45-41(26-11-9-8-10-12-26,27-13-17-29(51-5)18-14-27)28-15-19-30(52-6)20-16-28/h8-20,23,25,32,34,37,47,49H,7,21-22,24H2,1-6H3,(H,43,44,45)/q+1/t32-,34?,37-,40+/m1/s1. The summed E-state index contributed by atoms with van der Waals surface area (Å²) in [7, 11) is 0.533. The molecule has 1 fully saturated rings. The summed E-state index contributed by atoms with van der Waals surface area (Å²) < 4.78 is 57.9. The average molecular weight is 822 g/mol. The molecule has 2 unspecified atom stereocenters. The predicted molar refractivity (Wildman–Crippen MR) is 215 cm³/mol. The van der Waals surface area contributed by atoms with Crippen molar-refractivity contribution in [3.8, 4) is 11.5 Å². The maximum atomic E-state index is 16.4. The van der Waals surface area contributed by atoms with Crippen LogP contribution < -0.4 is 14.8 Å². The Kier molecular flexibility index (Phi) is 13.0. The van der Waals surface area contributed by atoms with Gasteiger partial charge in [0.2, 0.25) is 0 Å². The van der Waals surface area contributed by atoms with E-state index in [0.717, 1.165) is 34.6 Å². The Bertz CT molecular complexity index is 2120. The van der Waals surface area contributed by atoms with Crippen LogP contribution in [0.1, 0.15) is 57.0 Å². The van der Waals surface area contributed by atoms with Crippen molar-refractivity contribution in [2.45, 2.75) is 63.7 Å². The molecule has 0 amide bonds. The van der Waals surface area contributed by atoms with Crippen LogP contribution in [0.5, 0.6) is 11.5 Å². The van der Waals surface area contributed by atoms with Gasteiger partial charge in [-0.25, -0.2) is 14.4 Å². The number of aromatic nitrogens is 3. The van der Waals surface area contributed by atoms with E-state index >= 15 is 4.39 Å². The first-order valence-corrected chi connectivity index (χ1v) is 20.4. The van der Waals surface area contributed by atoms with Gasteiger partial charge in [-0.3, -0.25) is 9.36 Å². The fraction of sp³-hybridized carbons (Fsp3) is 0.390. The smallest absolute Gasteiger partial charge is 0.497 e. The van der Waals surface area contributed by atoms with Gasteiger partial charge >= 0.3 is 8.25 Å². The number of aliphatic hydroxyl groups excluding tert-OH is 1. The molecule has 2 aromatic heterocycles. The molecular formula is C41H47FN4O9PS+. The first-order chi connectivity index (χ1) is 27.3. The largest absolute Gasteiger partial charge is 0.697 e. The molecule has 0 spiro atoms. The van der Waals surface area contributed by atoms with Crippen molar-refractivity contribution in [1.29, 1.82) is 0 Å². The lowest BCUT2D eigenvalue weighted by atomic mass is 9.77. The quantitative estimate of drug-likeness (QED) is 0.0484. The molecule has 302 valence electrons. The van der Waals surface area contributed by atoms with Crippen LogP contribution in [0.4, 0.5) is 10.2 Å². The Labute approximate surface area is 335 Å². The minimum absolute atomic E-state index is 0.00331. The van der Waals surface area contributed by atoms with E-state index in [1.54, 1.807) is 14.2 Å². The Morgan fingerprint density at radius 3 is 2.16 bits per heavy atom. The Morgan fingerprint density at radius 2 is 1.58 bits per heavy atom. The van der Waals surface area contributed by atoms with E-state index in [4.69, 9.17) is 23.3 Å². The summed E-state index contributed by atoms with van der Waals surface area (Å²) in [6.07, 6.45) is -0.966. The second-order valence-electron chi connectivity index (χ2n) is 14.4. The van der Waals surface area contributed by atoms with Gasteiger partial charge in [-0.05, 0) is 54.3 Å². The van der Waals surface area contributed by atoms with Gasteiger partial charge in [0.15, 0.2) is 22.8 Å². The SMILES string of the molecule is CCC(C)(C)C(=O)SCCO[P+](=O)OC[C@H]1O[C@@H](n2cc(F)c3c(NC(c4ccccc4)(c4ccc(OC)cc4)c4ccc(OC)cc4)ncnc32)[C@@](C)(O)C1O. The van der Waals surface area contributed by atoms with Crippen LogP contribution in [0.25, 0.3) is 11.0 Å². The highest BCUT2D eigenvalue weighted by atomic mass is 32.2. The van der Waals surface area contributed by atoms with Crippen LogP contribution in [0.3, 0.4) is 0 Å². The number of carbonyl (C=O) groups is 1. The number of methoxy groups -OCH3 is 2. The molecular weight excluding hydrogens is 775 g/mol. The summed E-state index contributed by atoms with van der Waals surface area (Å²) >= 11 is 1.09. The summed E-state index contributed by atoms with van der Waals surface area (Å²) in [4.78, 5) is 21.3. The van der Waals surface area contributed by atoms with Crippen molar-refractivity contribution in [2.24, 2.45) is 5.41 Å². The van der Waals surface area contributed by atoms with Crippen molar-refractivity contribution in [2.75, 3.05) is 38.5 Å². The molecule has 3 aromatic carbocycles. The van der Waals surface area contributed by atoms with Crippen LogP contribution in [0.2, 0.25) is 0 Å². The number of halogens is 1. The van der Waals surface area contributed by atoms with Gasteiger partial charge in [0.25, 0.3) is 0 Å². The average Bonchev–Trinajstić information content (AvgIpc) is 3.68. The zero-order valence-corrected chi connectivity index (χ0v) is 34.3. The topological polar surface area (TPSA) is 163 Å². The second-order valence-corrected chi connectivity index (χ2v) is 16.5. The first kappa shape index (κ1) is 42.1. The van der Waals surface area contributed by atoms with E-state index in [-0.39, 0.29) is 34.3 Å². The monoisotopic (exact) mass is 821 g/mol. The maximum Gasteiger partial charge on any atom is 0.697 e. The highest BCUT2D eigenvalue weighted by Gasteiger charge is 2.54. The van der Waals surface area contributed by atoms with E-state index < -0.39 is 55.7 Å². The van der Waals surface area contributed by atoms with Gasteiger partial charge in [-0.2, -0.15) is 0 Å². The fourth-order valence-electron chi connectivity index (χ4n) is 6.71. The van der Waals surface area contributed by atoms with E-state index in [0.29, 0.717) is 17.9 Å². The highest BCUT2D eigenvalue weighted by Crippen LogP contribution is 2.45. The van der Waals surface area contributed by atoms with Gasteiger partial charge in [0.1, 0.15) is 60.2 Å². The van der Waals surface area contributed by atoms with Gasteiger partial charge in [0.05, 0.1) is 19.6 Å². The van der Waals surface area contributed by atoms with Gasteiger partial charge in [0, 0.05) is 21.9 Å². The molecule has 0 bridgehead atoms. The van der Waals surface area contributed by atoms with Gasteiger partial charge < -0.3 is 29.7 Å². The normalized spacial score (nSPS) is 20.1. The van der Waals surface area contributed by atoms with E-state index in [1.165, 1.54) is 17.8 Å². The third kappa shape index (κ3) is 8.56. The first-order valence-electron chi connectivity index (χ1n) is 18.4. The van der Waals surface area contributed by atoms with Crippen molar-refractivity contribution >= 4 is 42.0 Å². The summed E-state index contributed by atoms with van der Waals surface area (Å²) in [6.45, 7) is 6.59. The molecule has 5 atom stereocenters. The van der Waals surface area contributed by atoms with Crippen LogP contribution in [-0.4, -0.2) is 80.9 Å². The number of ether oxygens (including phenoxy) is 3. The molecule has 3 heterocycles. The van der Waals surface area contributed by atoms with Crippen molar-refractivity contribution in [3.63, 3.8) is 0 Å². The van der Waals surface area contributed by atoms with E-state index in [1.807, 2.05) is 99.6 Å². The molecule has 57 heavy (non-hydrogen) atoms. The Hall–Kier alpha value is -4.47. The molecule has 1 saturated heterocycles. The predicted octanol–water partition coefficient (Wildman–Crippen LogP) is 7.39. The molecule has 6 rings (SSSR count). The summed E-state index contributed by atoms with van der Waals surface area (Å²) in [5.74, 6) is 0.996. The van der Waals surface area contributed by atoms with Crippen molar-refractivity contribution in [1.82, 2.24) is 14.5 Å².